The number of aliphatic hydroxyl groups excluding tert-OH is 1. The SMILES string of the molecule is C/C=C(/C)C(=O)O[C@@H]1[C@H](O)[C@@H](C2(C)CO2)C[C@@]2(C)[C@@H]1CC(=O)C[C@@H]2C. The van der Waals surface area contributed by atoms with E-state index < -0.39 is 18.2 Å². The molecule has 1 aliphatic heterocycles. The van der Waals surface area contributed by atoms with Crippen molar-refractivity contribution in [3.63, 3.8) is 0 Å². The second kappa shape index (κ2) is 6.20. The topological polar surface area (TPSA) is 76.1 Å². The lowest BCUT2D eigenvalue weighted by Gasteiger charge is -2.56. The van der Waals surface area contributed by atoms with Gasteiger partial charge in [-0.1, -0.05) is 19.9 Å². The van der Waals surface area contributed by atoms with E-state index in [2.05, 4.69) is 13.8 Å². The van der Waals surface area contributed by atoms with Crippen molar-refractivity contribution in [1.82, 2.24) is 0 Å². The summed E-state index contributed by atoms with van der Waals surface area (Å²) in [6, 6.07) is 0. The average molecular weight is 350 g/mol. The average Bonchev–Trinajstić information content (AvgIpc) is 3.30. The van der Waals surface area contributed by atoms with E-state index >= 15 is 0 Å². The molecule has 1 unspecified atom stereocenters. The molecule has 2 aliphatic carbocycles. The highest BCUT2D eigenvalue weighted by atomic mass is 16.6. The van der Waals surface area contributed by atoms with Crippen molar-refractivity contribution in [2.24, 2.45) is 23.2 Å². The Bertz CT molecular complexity index is 605. The molecule has 3 aliphatic rings. The Morgan fingerprint density at radius 2 is 1.96 bits per heavy atom. The second-order valence-electron chi connectivity index (χ2n) is 8.70. The summed E-state index contributed by atoms with van der Waals surface area (Å²) in [7, 11) is 0. The van der Waals surface area contributed by atoms with Gasteiger partial charge in [0.2, 0.25) is 0 Å². The Hall–Kier alpha value is -1.20. The van der Waals surface area contributed by atoms with Gasteiger partial charge in [0.05, 0.1) is 18.3 Å². The molecule has 0 bridgehead atoms. The summed E-state index contributed by atoms with van der Waals surface area (Å²) in [4.78, 5) is 24.6. The van der Waals surface area contributed by atoms with E-state index in [-0.39, 0.29) is 34.6 Å². The number of aliphatic hydroxyl groups is 1. The lowest BCUT2D eigenvalue weighted by Crippen LogP contribution is -2.60. The Kier molecular flexibility index (Phi) is 4.61. The fraction of sp³-hybridized carbons (Fsp3) is 0.800. The zero-order valence-electron chi connectivity index (χ0n) is 15.9. The van der Waals surface area contributed by atoms with Crippen LogP contribution in [0.15, 0.2) is 11.6 Å². The first-order valence-electron chi connectivity index (χ1n) is 9.30. The van der Waals surface area contributed by atoms with Gasteiger partial charge >= 0.3 is 5.97 Å². The Balaban J connectivity index is 1.95. The number of hydrogen-bond acceptors (Lipinski definition) is 5. The number of ether oxygens (including phenoxy) is 2. The highest BCUT2D eigenvalue weighted by Crippen LogP contribution is 2.58. The Labute approximate surface area is 149 Å². The Morgan fingerprint density at radius 3 is 2.52 bits per heavy atom. The maximum absolute atomic E-state index is 12.4. The van der Waals surface area contributed by atoms with Crippen LogP contribution in [0.3, 0.4) is 0 Å². The number of esters is 1. The first-order chi connectivity index (χ1) is 11.6. The fourth-order valence-electron chi connectivity index (χ4n) is 4.80. The molecule has 3 fully saturated rings. The van der Waals surface area contributed by atoms with E-state index in [9.17, 15) is 14.7 Å². The quantitative estimate of drug-likeness (QED) is 0.481. The molecule has 7 atom stereocenters. The zero-order chi connectivity index (χ0) is 18.6. The second-order valence-corrected chi connectivity index (χ2v) is 8.70. The van der Waals surface area contributed by atoms with Gasteiger partial charge in [0.25, 0.3) is 0 Å². The molecule has 3 rings (SSSR count). The van der Waals surface area contributed by atoms with Gasteiger partial charge in [-0.25, -0.2) is 4.79 Å². The van der Waals surface area contributed by atoms with Crippen molar-refractivity contribution in [2.75, 3.05) is 6.61 Å². The van der Waals surface area contributed by atoms with Crippen molar-refractivity contribution >= 4 is 11.8 Å². The van der Waals surface area contributed by atoms with E-state index in [0.717, 1.165) is 6.42 Å². The van der Waals surface area contributed by atoms with E-state index in [1.54, 1.807) is 19.9 Å². The van der Waals surface area contributed by atoms with Gasteiger partial charge in [-0.3, -0.25) is 4.79 Å². The normalized spacial score (nSPS) is 47.2. The molecule has 0 spiro atoms. The van der Waals surface area contributed by atoms with Crippen LogP contribution in [0.1, 0.15) is 53.9 Å². The monoisotopic (exact) mass is 350 g/mol. The molecule has 1 heterocycles. The number of epoxide rings is 1. The van der Waals surface area contributed by atoms with E-state index in [1.807, 2.05) is 6.92 Å². The number of fused-ring (bicyclic) bond motifs is 1. The molecule has 0 amide bonds. The standard InChI is InChI=1S/C20H30O5/c1-6-11(2)18(23)25-17-14-8-13(21)7-12(3)19(14,4)9-15(16(17)22)20(5)10-24-20/h6,12,14-17,22H,7-10H2,1-5H3/b11-6-/t12-,14+,15-,16+,17-,19+,20?/m0/s1. The van der Waals surface area contributed by atoms with Crippen LogP contribution in [0.5, 0.6) is 0 Å². The van der Waals surface area contributed by atoms with Crippen LogP contribution < -0.4 is 0 Å². The highest BCUT2D eigenvalue weighted by Gasteiger charge is 2.63. The van der Waals surface area contributed by atoms with E-state index in [0.29, 0.717) is 25.0 Å². The van der Waals surface area contributed by atoms with Crippen molar-refractivity contribution in [3.05, 3.63) is 11.6 Å². The minimum atomic E-state index is -0.808. The van der Waals surface area contributed by atoms with Gasteiger partial charge < -0.3 is 14.6 Å². The molecular weight excluding hydrogens is 320 g/mol. The molecule has 25 heavy (non-hydrogen) atoms. The lowest BCUT2D eigenvalue weighted by molar-refractivity contribution is -0.195. The van der Waals surface area contributed by atoms with Crippen LogP contribution in [0.25, 0.3) is 0 Å². The minimum absolute atomic E-state index is 0.0897. The smallest absolute Gasteiger partial charge is 0.333 e. The van der Waals surface area contributed by atoms with E-state index in [1.165, 1.54) is 0 Å². The maximum Gasteiger partial charge on any atom is 0.333 e. The Morgan fingerprint density at radius 1 is 1.32 bits per heavy atom. The minimum Gasteiger partial charge on any atom is -0.456 e. The van der Waals surface area contributed by atoms with Gasteiger partial charge in [0, 0.05) is 30.3 Å². The first kappa shape index (κ1) is 18.6. The summed E-state index contributed by atoms with van der Waals surface area (Å²) >= 11 is 0. The fourth-order valence-corrected chi connectivity index (χ4v) is 4.80. The van der Waals surface area contributed by atoms with Crippen LogP contribution in [0, 0.1) is 23.2 Å². The number of carbonyl (C=O) groups excluding carboxylic acids is 2. The van der Waals surface area contributed by atoms with Crippen molar-refractivity contribution in [2.45, 2.75) is 71.7 Å². The molecule has 1 saturated heterocycles. The van der Waals surface area contributed by atoms with Gasteiger partial charge in [-0.2, -0.15) is 0 Å². The first-order valence-corrected chi connectivity index (χ1v) is 9.30. The van der Waals surface area contributed by atoms with E-state index in [4.69, 9.17) is 9.47 Å². The van der Waals surface area contributed by atoms with Crippen molar-refractivity contribution in [1.29, 1.82) is 0 Å². The summed E-state index contributed by atoms with van der Waals surface area (Å²) in [6.45, 7) is 10.4. The third-order valence-corrected chi connectivity index (χ3v) is 7.14. The molecule has 0 aromatic heterocycles. The highest BCUT2D eigenvalue weighted by molar-refractivity contribution is 5.88. The van der Waals surface area contributed by atoms with Crippen LogP contribution in [0.4, 0.5) is 0 Å². The third kappa shape index (κ3) is 3.06. The lowest BCUT2D eigenvalue weighted by atomic mass is 9.51. The number of carbonyl (C=O) groups is 2. The molecule has 1 N–H and O–H groups in total. The largest absolute Gasteiger partial charge is 0.456 e. The van der Waals surface area contributed by atoms with Crippen LogP contribution in [0.2, 0.25) is 0 Å². The predicted octanol–water partition coefficient (Wildman–Crippen LogP) is 2.66. The number of Topliss-reactive ketones (excluding diaryl/α,β-unsaturated/α-hetero) is 1. The predicted molar refractivity (Wildman–Crippen MR) is 92.8 cm³/mol. The van der Waals surface area contributed by atoms with Gasteiger partial charge in [0.1, 0.15) is 11.9 Å². The molecule has 0 radical (unpaired) electrons. The molecule has 0 aromatic rings. The number of rotatable bonds is 3. The van der Waals surface area contributed by atoms with Crippen LogP contribution in [-0.4, -0.2) is 41.3 Å². The van der Waals surface area contributed by atoms with Gasteiger partial charge in [0.15, 0.2) is 0 Å². The molecule has 5 nitrogen and oxygen atoms in total. The summed E-state index contributed by atoms with van der Waals surface area (Å²) in [5.41, 5.74) is 0.0104. The zero-order valence-corrected chi connectivity index (χ0v) is 15.9. The summed E-state index contributed by atoms with van der Waals surface area (Å²) in [6.07, 6.45) is 1.95. The molecule has 2 saturated carbocycles. The summed E-state index contributed by atoms with van der Waals surface area (Å²) in [5, 5.41) is 11.0. The number of hydrogen-bond donors (Lipinski definition) is 1. The molecule has 5 heteroatoms. The summed E-state index contributed by atoms with van der Waals surface area (Å²) < 4.78 is 11.4. The summed E-state index contributed by atoms with van der Waals surface area (Å²) in [5.74, 6) is -0.264. The van der Waals surface area contributed by atoms with Crippen LogP contribution >= 0.6 is 0 Å². The third-order valence-electron chi connectivity index (χ3n) is 7.14. The van der Waals surface area contributed by atoms with Crippen molar-refractivity contribution < 1.29 is 24.2 Å². The number of ketones is 1. The van der Waals surface area contributed by atoms with Gasteiger partial charge in [-0.05, 0) is 38.5 Å². The van der Waals surface area contributed by atoms with Crippen LogP contribution in [-0.2, 0) is 19.1 Å². The maximum atomic E-state index is 12.4. The molecule has 0 aromatic carbocycles. The van der Waals surface area contributed by atoms with Gasteiger partial charge in [-0.15, -0.1) is 0 Å². The molecule has 140 valence electrons. The van der Waals surface area contributed by atoms with Crippen molar-refractivity contribution in [3.8, 4) is 0 Å². The molecular formula is C20H30O5. The number of allylic oxidation sites excluding steroid dienone is 1.